The third kappa shape index (κ3) is 4.61. The van der Waals surface area contributed by atoms with E-state index in [4.69, 9.17) is 5.73 Å². The second kappa shape index (κ2) is 6.90. The summed E-state index contributed by atoms with van der Waals surface area (Å²) in [6.45, 7) is 2.51. The van der Waals surface area contributed by atoms with E-state index in [0.29, 0.717) is 13.0 Å². The van der Waals surface area contributed by atoms with Gasteiger partial charge in [0.05, 0.1) is 12.6 Å². The highest BCUT2D eigenvalue weighted by Crippen LogP contribution is 2.10. The topological polar surface area (TPSA) is 93.2 Å². The smallest absolute Gasteiger partial charge is 0.237 e. The average molecular weight is 288 g/mol. The minimum absolute atomic E-state index is 0.0525. The lowest BCUT2D eigenvalue weighted by Gasteiger charge is -2.17. The van der Waals surface area contributed by atoms with Gasteiger partial charge in [0, 0.05) is 18.4 Å². The lowest BCUT2D eigenvalue weighted by Crippen LogP contribution is -2.46. The van der Waals surface area contributed by atoms with Crippen LogP contribution < -0.4 is 11.1 Å². The molecule has 1 aromatic heterocycles. The van der Waals surface area contributed by atoms with E-state index in [9.17, 15) is 9.90 Å². The Labute approximate surface area is 123 Å². The fourth-order valence-corrected chi connectivity index (χ4v) is 2.06. The largest absolute Gasteiger partial charge is 0.508 e. The van der Waals surface area contributed by atoms with E-state index >= 15 is 0 Å². The van der Waals surface area contributed by atoms with E-state index in [2.05, 4.69) is 10.4 Å². The molecule has 1 amide bonds. The Morgan fingerprint density at radius 1 is 1.43 bits per heavy atom. The average Bonchev–Trinajstić information content (AvgIpc) is 2.94. The molecule has 6 heteroatoms. The highest BCUT2D eigenvalue weighted by molar-refractivity contribution is 5.82. The zero-order chi connectivity index (χ0) is 15.2. The van der Waals surface area contributed by atoms with Crippen LogP contribution in [0.25, 0.3) is 0 Å². The van der Waals surface area contributed by atoms with E-state index in [1.807, 2.05) is 19.2 Å². The Morgan fingerprint density at radius 2 is 2.14 bits per heavy atom. The van der Waals surface area contributed by atoms with Gasteiger partial charge in [0.15, 0.2) is 0 Å². The molecule has 112 valence electrons. The van der Waals surface area contributed by atoms with Gasteiger partial charge >= 0.3 is 0 Å². The molecule has 0 fully saturated rings. The van der Waals surface area contributed by atoms with Gasteiger partial charge in [0.1, 0.15) is 5.75 Å². The molecular formula is C15H20N4O2. The molecule has 21 heavy (non-hydrogen) atoms. The molecule has 0 radical (unpaired) electrons. The second-order valence-corrected chi connectivity index (χ2v) is 5.11. The number of phenols is 1. The number of hydrogen-bond donors (Lipinski definition) is 3. The molecule has 2 rings (SSSR count). The van der Waals surface area contributed by atoms with Crippen LogP contribution >= 0.6 is 0 Å². The van der Waals surface area contributed by atoms with Crippen LogP contribution in [0.2, 0.25) is 0 Å². The Kier molecular flexibility index (Phi) is 4.94. The number of amides is 1. The highest BCUT2D eigenvalue weighted by Gasteiger charge is 2.16. The van der Waals surface area contributed by atoms with Crippen molar-refractivity contribution in [3.05, 3.63) is 48.3 Å². The van der Waals surface area contributed by atoms with Gasteiger partial charge in [-0.3, -0.25) is 9.48 Å². The quantitative estimate of drug-likeness (QED) is 0.728. The van der Waals surface area contributed by atoms with Gasteiger partial charge in [0.2, 0.25) is 5.91 Å². The first-order valence-electron chi connectivity index (χ1n) is 6.86. The Morgan fingerprint density at radius 3 is 2.76 bits per heavy atom. The number of hydrogen-bond acceptors (Lipinski definition) is 4. The van der Waals surface area contributed by atoms with Crippen LogP contribution in [0.15, 0.2) is 42.7 Å². The molecule has 1 unspecified atom stereocenters. The van der Waals surface area contributed by atoms with Crippen molar-refractivity contribution in [3.63, 3.8) is 0 Å². The molecule has 0 saturated carbocycles. The Bertz CT molecular complexity index is 566. The lowest BCUT2D eigenvalue weighted by molar-refractivity contribution is -0.123. The van der Waals surface area contributed by atoms with Crippen LogP contribution in [0, 0.1) is 0 Å². The number of rotatable bonds is 6. The summed E-state index contributed by atoms with van der Waals surface area (Å²) in [5, 5.41) is 16.2. The molecule has 0 aliphatic carbocycles. The van der Waals surface area contributed by atoms with Crippen molar-refractivity contribution in [2.24, 2.45) is 5.73 Å². The van der Waals surface area contributed by atoms with Crippen LogP contribution in [0.5, 0.6) is 5.75 Å². The highest BCUT2D eigenvalue weighted by atomic mass is 16.3. The van der Waals surface area contributed by atoms with Crippen molar-refractivity contribution < 1.29 is 9.90 Å². The van der Waals surface area contributed by atoms with Crippen LogP contribution in [0.4, 0.5) is 0 Å². The minimum atomic E-state index is -0.616. The zero-order valence-electron chi connectivity index (χ0n) is 11.9. The van der Waals surface area contributed by atoms with E-state index in [1.54, 1.807) is 35.1 Å². The fourth-order valence-electron chi connectivity index (χ4n) is 2.06. The predicted molar refractivity (Wildman–Crippen MR) is 79.6 cm³/mol. The Balaban J connectivity index is 1.83. The van der Waals surface area contributed by atoms with Crippen LogP contribution in [0.3, 0.4) is 0 Å². The van der Waals surface area contributed by atoms with Gasteiger partial charge in [-0.05, 0) is 37.1 Å². The van der Waals surface area contributed by atoms with E-state index in [-0.39, 0.29) is 17.7 Å². The summed E-state index contributed by atoms with van der Waals surface area (Å²) in [4.78, 5) is 12.0. The van der Waals surface area contributed by atoms with Gasteiger partial charge < -0.3 is 16.2 Å². The molecule has 2 atom stereocenters. The van der Waals surface area contributed by atoms with Gasteiger partial charge in [0.25, 0.3) is 0 Å². The second-order valence-electron chi connectivity index (χ2n) is 5.11. The van der Waals surface area contributed by atoms with Crippen LogP contribution in [-0.2, 0) is 17.8 Å². The molecule has 4 N–H and O–H groups in total. The molecule has 0 bridgehead atoms. The summed E-state index contributed by atoms with van der Waals surface area (Å²) in [5.74, 6) is 0.00680. The van der Waals surface area contributed by atoms with E-state index in [0.717, 1.165) is 5.56 Å². The Hall–Kier alpha value is -2.34. The van der Waals surface area contributed by atoms with Crippen molar-refractivity contribution in [1.82, 2.24) is 15.1 Å². The molecular weight excluding hydrogens is 268 g/mol. The van der Waals surface area contributed by atoms with Gasteiger partial charge in [-0.15, -0.1) is 0 Å². The maximum atomic E-state index is 12.0. The van der Waals surface area contributed by atoms with Crippen molar-refractivity contribution >= 4 is 5.91 Å². The first kappa shape index (κ1) is 15.1. The van der Waals surface area contributed by atoms with Crippen molar-refractivity contribution in [3.8, 4) is 5.75 Å². The summed E-state index contributed by atoms with van der Waals surface area (Å²) < 4.78 is 1.76. The molecule has 0 aliphatic rings. The third-order valence-corrected chi connectivity index (χ3v) is 3.14. The minimum Gasteiger partial charge on any atom is -0.508 e. The molecule has 0 aliphatic heterocycles. The van der Waals surface area contributed by atoms with Gasteiger partial charge in [-0.25, -0.2) is 0 Å². The number of carbonyl (C=O) groups is 1. The first-order valence-corrected chi connectivity index (χ1v) is 6.86. The molecule has 0 spiro atoms. The van der Waals surface area contributed by atoms with E-state index in [1.165, 1.54) is 0 Å². The summed E-state index contributed by atoms with van der Waals surface area (Å²) in [6, 6.07) is 7.86. The number of nitrogens with one attached hydrogen (secondary N) is 1. The number of phenolic OH excluding ortho intramolecular Hbond substituents is 1. The molecule has 1 aromatic carbocycles. The summed E-state index contributed by atoms with van der Waals surface area (Å²) in [7, 11) is 0. The number of benzene rings is 1. The third-order valence-electron chi connectivity index (χ3n) is 3.14. The maximum absolute atomic E-state index is 12.0. The number of aromatic hydroxyl groups is 1. The maximum Gasteiger partial charge on any atom is 0.237 e. The molecule has 0 saturated heterocycles. The number of nitrogens with two attached hydrogens (primary N) is 1. The first-order chi connectivity index (χ1) is 10.0. The normalized spacial score (nSPS) is 13.6. The fraction of sp³-hybridized carbons (Fsp3) is 0.333. The molecule has 1 heterocycles. The van der Waals surface area contributed by atoms with Crippen molar-refractivity contribution in [1.29, 1.82) is 0 Å². The van der Waals surface area contributed by atoms with Gasteiger partial charge in [-0.1, -0.05) is 12.1 Å². The molecule has 2 aromatic rings. The number of carbonyl (C=O) groups excluding carboxylic acids is 1. The van der Waals surface area contributed by atoms with Crippen molar-refractivity contribution in [2.75, 3.05) is 0 Å². The summed E-state index contributed by atoms with van der Waals surface area (Å²) in [6.07, 6.45) is 3.98. The number of nitrogens with zero attached hydrogens (tertiary/aromatic N) is 2. The van der Waals surface area contributed by atoms with Crippen LogP contribution in [-0.4, -0.2) is 32.9 Å². The summed E-state index contributed by atoms with van der Waals surface area (Å²) in [5.41, 5.74) is 6.82. The standard InChI is InChI=1S/C15H20N4O2/c1-11(10-19-8-2-7-17-19)18-15(21)14(16)9-12-3-5-13(20)6-4-12/h2-8,11,14,20H,9-10,16H2,1H3,(H,18,21)/t11?,14-/m0/s1. The monoisotopic (exact) mass is 288 g/mol. The molecule has 6 nitrogen and oxygen atoms in total. The SMILES string of the molecule is CC(Cn1cccn1)NC(=O)[C@@H](N)Cc1ccc(O)cc1. The summed E-state index contributed by atoms with van der Waals surface area (Å²) >= 11 is 0. The number of aromatic nitrogens is 2. The van der Waals surface area contributed by atoms with Crippen LogP contribution in [0.1, 0.15) is 12.5 Å². The van der Waals surface area contributed by atoms with E-state index < -0.39 is 6.04 Å². The lowest BCUT2D eigenvalue weighted by atomic mass is 10.1. The zero-order valence-corrected chi connectivity index (χ0v) is 11.9. The van der Waals surface area contributed by atoms with Gasteiger partial charge in [-0.2, -0.15) is 5.10 Å². The predicted octanol–water partition coefficient (Wildman–Crippen LogP) is 0.663. The van der Waals surface area contributed by atoms with Crippen molar-refractivity contribution in [2.45, 2.75) is 32.0 Å².